The van der Waals surface area contributed by atoms with Crippen LogP contribution in [-0.4, -0.2) is 51.9 Å². The van der Waals surface area contributed by atoms with Gasteiger partial charge in [0.15, 0.2) is 11.5 Å². The quantitative estimate of drug-likeness (QED) is 0.828. The van der Waals surface area contributed by atoms with Crippen molar-refractivity contribution < 1.29 is 14.3 Å². The minimum atomic E-state index is -0.352. The highest BCUT2D eigenvalue weighted by atomic mass is 16.5. The third-order valence-corrected chi connectivity index (χ3v) is 3.71. The van der Waals surface area contributed by atoms with Gasteiger partial charge in [-0.3, -0.25) is 4.79 Å². The molecule has 2 aromatic rings. The van der Waals surface area contributed by atoms with E-state index in [-0.39, 0.29) is 18.1 Å². The molecule has 1 aliphatic heterocycles. The molecule has 116 valence electrons. The second-order valence-electron chi connectivity index (χ2n) is 5.19. The lowest BCUT2D eigenvalue weighted by atomic mass is 10.1. The van der Waals surface area contributed by atoms with Gasteiger partial charge in [-0.25, -0.2) is 9.67 Å². The first-order chi connectivity index (χ1) is 10.7. The zero-order valence-corrected chi connectivity index (χ0v) is 12.5. The number of carbonyl (C=O) groups is 1. The summed E-state index contributed by atoms with van der Waals surface area (Å²) in [5, 5.41) is 4.00. The van der Waals surface area contributed by atoms with Crippen molar-refractivity contribution in [3.8, 4) is 11.5 Å². The van der Waals surface area contributed by atoms with Gasteiger partial charge in [0.25, 0.3) is 0 Å². The van der Waals surface area contributed by atoms with Gasteiger partial charge in [0.1, 0.15) is 24.8 Å². The van der Waals surface area contributed by atoms with Crippen LogP contribution < -0.4 is 9.47 Å². The van der Waals surface area contributed by atoms with Crippen molar-refractivity contribution in [1.29, 1.82) is 0 Å². The van der Waals surface area contributed by atoms with E-state index in [0.29, 0.717) is 24.6 Å². The lowest BCUT2D eigenvalue weighted by Crippen LogP contribution is -2.57. The first-order valence-electron chi connectivity index (χ1n) is 7.11. The number of aromatic nitrogens is 3. The predicted molar refractivity (Wildman–Crippen MR) is 78.7 cm³/mol. The van der Waals surface area contributed by atoms with Crippen LogP contribution in [0.4, 0.5) is 0 Å². The maximum Gasteiger partial charge on any atom is 0.247 e. The lowest BCUT2D eigenvalue weighted by Gasteiger charge is -2.40. The van der Waals surface area contributed by atoms with Crippen molar-refractivity contribution in [2.75, 3.05) is 20.2 Å². The number of benzene rings is 1. The number of nitrogens with zero attached hydrogens (tertiary/aromatic N) is 4. The fourth-order valence-corrected chi connectivity index (χ4v) is 2.38. The fraction of sp³-hybridized carbons (Fsp3) is 0.400. The Morgan fingerprint density at radius 1 is 1.32 bits per heavy atom. The zero-order chi connectivity index (χ0) is 15.5. The van der Waals surface area contributed by atoms with Crippen LogP contribution >= 0.6 is 0 Å². The summed E-state index contributed by atoms with van der Waals surface area (Å²) in [5.74, 6) is 1.42. The molecular formula is C15H18N4O3. The highest BCUT2D eigenvalue weighted by Crippen LogP contribution is 2.29. The molecule has 1 atom stereocenters. The van der Waals surface area contributed by atoms with Gasteiger partial charge in [-0.1, -0.05) is 12.1 Å². The Bertz CT molecular complexity index is 638. The number of likely N-dealkylation sites (tertiary alicyclic amines) is 1. The summed E-state index contributed by atoms with van der Waals surface area (Å²) in [5.41, 5.74) is 0. The highest BCUT2D eigenvalue weighted by Gasteiger charge is 2.35. The number of para-hydroxylation sites is 2. The molecule has 0 spiro atoms. The molecule has 1 amide bonds. The van der Waals surface area contributed by atoms with Gasteiger partial charge in [-0.05, 0) is 19.1 Å². The van der Waals surface area contributed by atoms with Gasteiger partial charge in [-0.2, -0.15) is 5.10 Å². The molecule has 22 heavy (non-hydrogen) atoms. The zero-order valence-electron chi connectivity index (χ0n) is 12.5. The third-order valence-electron chi connectivity index (χ3n) is 3.71. The molecule has 3 rings (SSSR count). The molecule has 1 fully saturated rings. The van der Waals surface area contributed by atoms with E-state index >= 15 is 0 Å². The molecule has 0 bridgehead atoms. The monoisotopic (exact) mass is 302 g/mol. The summed E-state index contributed by atoms with van der Waals surface area (Å²) in [7, 11) is 1.61. The van der Waals surface area contributed by atoms with E-state index in [0.717, 1.165) is 0 Å². The minimum absolute atomic E-state index is 0.0109. The van der Waals surface area contributed by atoms with Crippen molar-refractivity contribution >= 4 is 5.91 Å². The van der Waals surface area contributed by atoms with E-state index in [9.17, 15) is 4.79 Å². The molecule has 1 saturated heterocycles. The smallest absolute Gasteiger partial charge is 0.247 e. The Labute approximate surface area is 128 Å². The molecule has 1 aromatic heterocycles. The summed E-state index contributed by atoms with van der Waals surface area (Å²) < 4.78 is 12.7. The Kier molecular flexibility index (Phi) is 3.95. The molecule has 0 unspecified atom stereocenters. The van der Waals surface area contributed by atoms with Crippen molar-refractivity contribution in [3.05, 3.63) is 36.9 Å². The Morgan fingerprint density at radius 3 is 2.68 bits per heavy atom. The maximum atomic E-state index is 12.3. The Hall–Kier alpha value is -2.57. The molecule has 0 aliphatic carbocycles. The number of hydrogen-bond donors (Lipinski definition) is 0. The van der Waals surface area contributed by atoms with Crippen molar-refractivity contribution in [2.45, 2.75) is 19.1 Å². The van der Waals surface area contributed by atoms with Crippen LogP contribution in [0.3, 0.4) is 0 Å². The van der Waals surface area contributed by atoms with Crippen LogP contribution in [-0.2, 0) is 4.79 Å². The summed E-state index contributed by atoms with van der Waals surface area (Å²) in [6, 6.07) is 7.15. The molecule has 7 nitrogen and oxygen atoms in total. The number of rotatable bonds is 5. The first-order valence-corrected chi connectivity index (χ1v) is 7.11. The van der Waals surface area contributed by atoms with E-state index in [1.54, 1.807) is 23.0 Å². The largest absolute Gasteiger partial charge is 0.493 e. The molecule has 0 N–H and O–H groups in total. The molecule has 1 aliphatic rings. The topological polar surface area (TPSA) is 69.5 Å². The van der Waals surface area contributed by atoms with Crippen LogP contribution in [0, 0.1) is 0 Å². The van der Waals surface area contributed by atoms with Crippen LogP contribution in [0.15, 0.2) is 36.9 Å². The van der Waals surface area contributed by atoms with Crippen LogP contribution in [0.5, 0.6) is 11.5 Å². The average molecular weight is 302 g/mol. The third kappa shape index (κ3) is 2.74. The molecule has 2 heterocycles. The van der Waals surface area contributed by atoms with E-state index in [1.807, 2.05) is 31.2 Å². The van der Waals surface area contributed by atoms with E-state index in [2.05, 4.69) is 10.1 Å². The predicted octanol–water partition coefficient (Wildman–Crippen LogP) is 1.14. The normalized spacial score (nSPS) is 16.0. The SMILES string of the molecule is COc1ccccc1OC1CN(C(=O)[C@@H](C)n2cncn2)C1. The number of methoxy groups -OCH3 is 1. The van der Waals surface area contributed by atoms with Gasteiger partial charge >= 0.3 is 0 Å². The number of amides is 1. The van der Waals surface area contributed by atoms with Gasteiger partial charge in [0.2, 0.25) is 5.91 Å². The second kappa shape index (κ2) is 6.05. The summed E-state index contributed by atoms with van der Waals surface area (Å²) in [6.07, 6.45) is 2.96. The van der Waals surface area contributed by atoms with E-state index in [4.69, 9.17) is 9.47 Å². The van der Waals surface area contributed by atoms with Gasteiger partial charge in [0, 0.05) is 0 Å². The van der Waals surface area contributed by atoms with Crippen LogP contribution in [0.25, 0.3) is 0 Å². The molecular weight excluding hydrogens is 284 g/mol. The molecule has 7 heteroatoms. The van der Waals surface area contributed by atoms with Crippen molar-refractivity contribution in [2.24, 2.45) is 0 Å². The van der Waals surface area contributed by atoms with Gasteiger partial charge in [-0.15, -0.1) is 0 Å². The van der Waals surface area contributed by atoms with E-state index < -0.39 is 0 Å². The number of carbonyl (C=O) groups excluding carboxylic acids is 1. The van der Waals surface area contributed by atoms with Gasteiger partial charge < -0.3 is 14.4 Å². The fourth-order valence-electron chi connectivity index (χ4n) is 2.38. The molecule has 0 saturated carbocycles. The Balaban J connectivity index is 1.55. The molecule has 0 radical (unpaired) electrons. The maximum absolute atomic E-state index is 12.3. The summed E-state index contributed by atoms with van der Waals surface area (Å²) in [4.78, 5) is 17.9. The average Bonchev–Trinajstić information content (AvgIpc) is 3.03. The highest BCUT2D eigenvalue weighted by molar-refractivity contribution is 5.80. The number of hydrogen-bond acceptors (Lipinski definition) is 5. The van der Waals surface area contributed by atoms with E-state index in [1.165, 1.54) is 6.33 Å². The summed E-state index contributed by atoms with van der Waals surface area (Å²) >= 11 is 0. The Morgan fingerprint density at radius 2 is 2.05 bits per heavy atom. The van der Waals surface area contributed by atoms with Crippen molar-refractivity contribution in [1.82, 2.24) is 19.7 Å². The lowest BCUT2D eigenvalue weighted by molar-refractivity contribution is -0.143. The summed E-state index contributed by atoms with van der Waals surface area (Å²) in [6.45, 7) is 2.94. The van der Waals surface area contributed by atoms with Gasteiger partial charge in [0.05, 0.1) is 20.2 Å². The van der Waals surface area contributed by atoms with Crippen LogP contribution in [0.2, 0.25) is 0 Å². The standard InChI is InChI=1S/C15H18N4O3/c1-11(19-10-16-9-17-19)15(20)18-7-12(8-18)22-14-6-4-3-5-13(14)21-2/h3-6,9-12H,7-8H2,1-2H3/t11-/m1/s1. The number of ether oxygens (including phenoxy) is 2. The minimum Gasteiger partial charge on any atom is -0.493 e. The van der Waals surface area contributed by atoms with Crippen molar-refractivity contribution in [3.63, 3.8) is 0 Å². The first kappa shape index (κ1) is 14.4. The molecule has 1 aromatic carbocycles. The van der Waals surface area contributed by atoms with Crippen LogP contribution in [0.1, 0.15) is 13.0 Å². The second-order valence-corrected chi connectivity index (χ2v) is 5.19.